The molecule has 0 spiro atoms. The van der Waals surface area contributed by atoms with E-state index in [4.69, 9.17) is 5.73 Å². The zero-order chi connectivity index (χ0) is 11.4. The predicted molar refractivity (Wildman–Crippen MR) is 61.1 cm³/mol. The Balaban J connectivity index is 3.03. The number of nitrogens with one attached hydrogen (secondary N) is 1. The first kappa shape index (κ1) is 11.9. The Morgan fingerprint density at radius 1 is 1.47 bits per heavy atom. The van der Waals surface area contributed by atoms with Gasteiger partial charge in [-0.3, -0.25) is 4.79 Å². The highest BCUT2D eigenvalue weighted by molar-refractivity contribution is 5.20. The molecule has 0 saturated carbocycles. The third kappa shape index (κ3) is 2.89. The van der Waals surface area contributed by atoms with Gasteiger partial charge in [0.05, 0.1) is 0 Å². The lowest BCUT2D eigenvalue weighted by Gasteiger charge is -2.09. The van der Waals surface area contributed by atoms with E-state index in [0.29, 0.717) is 6.54 Å². The summed E-state index contributed by atoms with van der Waals surface area (Å²) in [7, 11) is 0. The lowest BCUT2D eigenvalue weighted by molar-refractivity contribution is 0.742. The van der Waals surface area contributed by atoms with Crippen molar-refractivity contribution in [2.24, 2.45) is 5.73 Å². The molecule has 0 aliphatic heterocycles. The summed E-state index contributed by atoms with van der Waals surface area (Å²) in [5.41, 5.74) is 7.02. The molecule has 15 heavy (non-hydrogen) atoms. The van der Waals surface area contributed by atoms with Crippen LogP contribution < -0.4 is 11.3 Å². The van der Waals surface area contributed by atoms with Crippen molar-refractivity contribution >= 4 is 0 Å². The molecule has 0 saturated heterocycles. The van der Waals surface area contributed by atoms with Gasteiger partial charge in [-0.05, 0) is 25.8 Å². The van der Waals surface area contributed by atoms with E-state index in [9.17, 15) is 4.79 Å². The van der Waals surface area contributed by atoms with E-state index < -0.39 is 0 Å². The summed E-state index contributed by atoms with van der Waals surface area (Å²) in [5, 5.41) is 0. The van der Waals surface area contributed by atoms with Crippen LogP contribution in [0.4, 0.5) is 0 Å². The molecule has 0 fully saturated rings. The first-order valence-corrected chi connectivity index (χ1v) is 5.36. The molecule has 3 N–H and O–H groups in total. The first-order chi connectivity index (χ1) is 7.06. The lowest BCUT2D eigenvalue weighted by atomic mass is 10.0. The maximum atomic E-state index is 11.7. The van der Waals surface area contributed by atoms with Crippen LogP contribution in [0.15, 0.2) is 4.79 Å². The van der Waals surface area contributed by atoms with Crippen LogP contribution in [-0.4, -0.2) is 16.5 Å². The summed E-state index contributed by atoms with van der Waals surface area (Å²) in [6.07, 6.45) is 1.59. The van der Waals surface area contributed by atoms with E-state index in [0.717, 1.165) is 29.9 Å². The molecule has 0 atom stereocenters. The molecule has 0 radical (unpaired) electrons. The van der Waals surface area contributed by atoms with Gasteiger partial charge in [0.1, 0.15) is 5.82 Å². The van der Waals surface area contributed by atoms with Gasteiger partial charge in [-0.1, -0.05) is 13.8 Å². The fraction of sp³-hybridized carbons (Fsp3) is 0.636. The highest BCUT2D eigenvalue weighted by Crippen LogP contribution is 2.12. The van der Waals surface area contributed by atoms with Crippen LogP contribution in [0.1, 0.15) is 43.3 Å². The van der Waals surface area contributed by atoms with Gasteiger partial charge in [0.15, 0.2) is 0 Å². The number of aryl methyl sites for hydroxylation is 2. The van der Waals surface area contributed by atoms with Crippen molar-refractivity contribution in [1.29, 1.82) is 0 Å². The Labute approximate surface area is 89.9 Å². The second-order valence-electron chi connectivity index (χ2n) is 4.06. The summed E-state index contributed by atoms with van der Waals surface area (Å²) in [5.74, 6) is 0.956. The Hall–Kier alpha value is -1.16. The largest absolute Gasteiger partial charge is 0.330 e. The predicted octanol–water partition coefficient (Wildman–Crippen LogP) is 1.09. The van der Waals surface area contributed by atoms with Crippen LogP contribution in [0.3, 0.4) is 0 Å². The molecule has 1 heterocycles. The van der Waals surface area contributed by atoms with Crippen molar-refractivity contribution in [2.45, 2.75) is 39.5 Å². The highest BCUT2D eigenvalue weighted by atomic mass is 16.1. The molecule has 0 unspecified atom stereocenters. The van der Waals surface area contributed by atoms with E-state index in [-0.39, 0.29) is 11.5 Å². The molecule has 0 amide bonds. The topological polar surface area (TPSA) is 71.8 Å². The number of H-pyrrole nitrogens is 1. The third-order valence-corrected chi connectivity index (χ3v) is 2.39. The molecule has 4 nitrogen and oxygen atoms in total. The van der Waals surface area contributed by atoms with E-state index >= 15 is 0 Å². The molecule has 0 aliphatic rings. The van der Waals surface area contributed by atoms with Crippen molar-refractivity contribution in [1.82, 2.24) is 9.97 Å². The maximum Gasteiger partial charge on any atom is 0.254 e. The molecule has 4 heteroatoms. The molecular weight excluding hydrogens is 190 g/mol. The summed E-state index contributed by atoms with van der Waals surface area (Å²) in [4.78, 5) is 18.9. The number of nitrogens with two attached hydrogens (primary N) is 1. The van der Waals surface area contributed by atoms with Crippen LogP contribution in [0, 0.1) is 6.92 Å². The summed E-state index contributed by atoms with van der Waals surface area (Å²) in [6.45, 7) is 6.50. The van der Waals surface area contributed by atoms with Gasteiger partial charge >= 0.3 is 0 Å². The normalized spacial score (nSPS) is 11.0. The summed E-state index contributed by atoms with van der Waals surface area (Å²) in [6, 6.07) is 0. The van der Waals surface area contributed by atoms with Crippen molar-refractivity contribution in [2.75, 3.05) is 6.54 Å². The summed E-state index contributed by atoms with van der Waals surface area (Å²) >= 11 is 0. The molecule has 0 bridgehead atoms. The number of hydrogen-bond donors (Lipinski definition) is 2. The van der Waals surface area contributed by atoms with Gasteiger partial charge in [-0.2, -0.15) is 0 Å². The Kier molecular flexibility index (Phi) is 4.03. The van der Waals surface area contributed by atoms with Gasteiger partial charge in [0.2, 0.25) is 0 Å². The van der Waals surface area contributed by atoms with E-state index in [1.165, 1.54) is 0 Å². The molecule has 0 aromatic carbocycles. The molecule has 1 aromatic heterocycles. The molecular formula is C11H19N3O. The standard InChI is InChI=1S/C11H19N3O/c1-7(2)10-8(3)13-9(5-4-6-12)14-11(10)15/h7H,4-6,12H2,1-3H3,(H,13,14,15). The Bertz CT molecular complexity index is 382. The van der Waals surface area contributed by atoms with Crippen LogP contribution >= 0.6 is 0 Å². The first-order valence-electron chi connectivity index (χ1n) is 5.36. The van der Waals surface area contributed by atoms with E-state index in [1.54, 1.807) is 0 Å². The Morgan fingerprint density at radius 3 is 2.60 bits per heavy atom. The van der Waals surface area contributed by atoms with Gasteiger partial charge in [0.25, 0.3) is 5.56 Å². The lowest BCUT2D eigenvalue weighted by Crippen LogP contribution is -2.20. The van der Waals surface area contributed by atoms with Crippen LogP contribution in [0.5, 0.6) is 0 Å². The van der Waals surface area contributed by atoms with Crippen molar-refractivity contribution in [3.63, 3.8) is 0 Å². The number of nitrogens with zero attached hydrogens (tertiary/aromatic N) is 1. The van der Waals surface area contributed by atoms with E-state index in [2.05, 4.69) is 9.97 Å². The van der Waals surface area contributed by atoms with Crippen molar-refractivity contribution in [3.05, 3.63) is 27.4 Å². The molecule has 1 rings (SSSR count). The van der Waals surface area contributed by atoms with Crippen molar-refractivity contribution in [3.8, 4) is 0 Å². The fourth-order valence-corrected chi connectivity index (χ4v) is 1.72. The monoisotopic (exact) mass is 209 g/mol. The minimum Gasteiger partial charge on any atom is -0.330 e. The van der Waals surface area contributed by atoms with Crippen molar-refractivity contribution < 1.29 is 0 Å². The SMILES string of the molecule is Cc1nc(CCCN)[nH]c(=O)c1C(C)C. The molecule has 0 aliphatic carbocycles. The second kappa shape index (κ2) is 5.07. The maximum absolute atomic E-state index is 11.7. The summed E-state index contributed by atoms with van der Waals surface area (Å²) < 4.78 is 0. The minimum absolute atomic E-state index is 0.00970. The number of aromatic amines is 1. The zero-order valence-corrected chi connectivity index (χ0v) is 9.63. The van der Waals surface area contributed by atoms with Gasteiger partial charge in [-0.15, -0.1) is 0 Å². The zero-order valence-electron chi connectivity index (χ0n) is 9.63. The smallest absolute Gasteiger partial charge is 0.254 e. The van der Waals surface area contributed by atoms with Crippen LogP contribution in [-0.2, 0) is 6.42 Å². The van der Waals surface area contributed by atoms with Gasteiger partial charge in [-0.25, -0.2) is 4.98 Å². The second-order valence-corrected chi connectivity index (χ2v) is 4.06. The average Bonchev–Trinajstić information content (AvgIpc) is 2.12. The minimum atomic E-state index is -0.00970. The fourth-order valence-electron chi connectivity index (χ4n) is 1.72. The van der Waals surface area contributed by atoms with Crippen LogP contribution in [0.2, 0.25) is 0 Å². The quantitative estimate of drug-likeness (QED) is 0.779. The van der Waals surface area contributed by atoms with Crippen LogP contribution in [0.25, 0.3) is 0 Å². The number of rotatable bonds is 4. The molecule has 84 valence electrons. The number of hydrogen-bond acceptors (Lipinski definition) is 3. The number of aromatic nitrogens is 2. The van der Waals surface area contributed by atoms with E-state index in [1.807, 2.05) is 20.8 Å². The van der Waals surface area contributed by atoms with Gasteiger partial charge < -0.3 is 10.7 Å². The third-order valence-electron chi connectivity index (χ3n) is 2.39. The highest BCUT2D eigenvalue weighted by Gasteiger charge is 2.10. The Morgan fingerprint density at radius 2 is 2.13 bits per heavy atom. The molecule has 1 aromatic rings. The average molecular weight is 209 g/mol. The van der Waals surface area contributed by atoms with Gasteiger partial charge in [0, 0.05) is 17.7 Å².